The van der Waals surface area contributed by atoms with Crippen molar-refractivity contribution in [3.63, 3.8) is 0 Å². The molecular weight excluding hydrogens is 292 g/mol. The van der Waals surface area contributed by atoms with Gasteiger partial charge in [0.15, 0.2) is 0 Å². The van der Waals surface area contributed by atoms with Gasteiger partial charge in [-0.25, -0.2) is 0 Å². The Morgan fingerprint density at radius 1 is 1.22 bits per heavy atom. The Labute approximate surface area is 115 Å². The molecule has 0 fully saturated rings. The Morgan fingerprint density at radius 2 is 1.94 bits per heavy atom. The Balaban J connectivity index is 2.30. The molecular formula is C14H17BrN2O. The van der Waals surface area contributed by atoms with Crippen molar-refractivity contribution in [1.29, 1.82) is 0 Å². The summed E-state index contributed by atoms with van der Waals surface area (Å²) in [6.07, 6.45) is 0. The lowest BCUT2D eigenvalue weighted by Crippen LogP contribution is -2.31. The van der Waals surface area contributed by atoms with Crippen LogP contribution in [0.2, 0.25) is 0 Å². The average molecular weight is 309 g/mol. The Morgan fingerprint density at radius 3 is 2.67 bits per heavy atom. The van der Waals surface area contributed by atoms with E-state index in [1.165, 1.54) is 10.8 Å². The van der Waals surface area contributed by atoms with Crippen molar-refractivity contribution in [3.8, 4) is 0 Å². The smallest absolute Gasteiger partial charge is 0.0694 e. The normalized spacial score (nSPS) is 12.8. The first-order valence-electron chi connectivity index (χ1n) is 5.97. The maximum absolute atomic E-state index is 5.58. The predicted molar refractivity (Wildman–Crippen MR) is 78.2 cm³/mol. The van der Waals surface area contributed by atoms with Crippen molar-refractivity contribution in [2.24, 2.45) is 5.84 Å². The van der Waals surface area contributed by atoms with Crippen LogP contribution in [0.1, 0.15) is 18.5 Å². The van der Waals surface area contributed by atoms with Crippen molar-refractivity contribution >= 4 is 26.7 Å². The zero-order valence-corrected chi connectivity index (χ0v) is 11.9. The number of rotatable bonds is 5. The van der Waals surface area contributed by atoms with E-state index in [2.05, 4.69) is 51.7 Å². The minimum Gasteiger partial charge on any atom is -0.380 e. The van der Waals surface area contributed by atoms with Crippen LogP contribution in [0.5, 0.6) is 0 Å². The van der Waals surface area contributed by atoms with Crippen LogP contribution in [0.15, 0.2) is 40.9 Å². The quantitative estimate of drug-likeness (QED) is 0.659. The molecule has 0 saturated heterocycles. The number of ether oxygens (including phenoxy) is 1. The molecule has 1 atom stereocenters. The first-order valence-corrected chi connectivity index (χ1v) is 6.77. The van der Waals surface area contributed by atoms with E-state index in [1.807, 2.05) is 13.0 Å². The molecule has 2 rings (SSSR count). The molecule has 0 radical (unpaired) electrons. The van der Waals surface area contributed by atoms with Gasteiger partial charge in [0.2, 0.25) is 0 Å². The molecule has 1 unspecified atom stereocenters. The zero-order valence-electron chi connectivity index (χ0n) is 10.3. The van der Waals surface area contributed by atoms with Gasteiger partial charge < -0.3 is 4.74 Å². The largest absolute Gasteiger partial charge is 0.380 e. The van der Waals surface area contributed by atoms with E-state index in [0.717, 1.165) is 10.0 Å². The fraction of sp³-hybridized carbons (Fsp3) is 0.286. The molecule has 0 bridgehead atoms. The van der Waals surface area contributed by atoms with Crippen molar-refractivity contribution in [1.82, 2.24) is 5.43 Å². The van der Waals surface area contributed by atoms with Gasteiger partial charge in [0.05, 0.1) is 12.6 Å². The molecule has 3 N–H and O–H groups in total. The highest BCUT2D eigenvalue weighted by atomic mass is 79.9. The molecule has 0 aliphatic carbocycles. The van der Waals surface area contributed by atoms with Gasteiger partial charge in [-0.2, -0.15) is 0 Å². The van der Waals surface area contributed by atoms with E-state index in [0.29, 0.717) is 13.2 Å². The van der Waals surface area contributed by atoms with Gasteiger partial charge >= 0.3 is 0 Å². The van der Waals surface area contributed by atoms with E-state index in [9.17, 15) is 0 Å². The molecule has 0 aliphatic rings. The van der Waals surface area contributed by atoms with E-state index >= 15 is 0 Å². The fourth-order valence-corrected chi connectivity index (χ4v) is 2.31. The lowest BCUT2D eigenvalue weighted by atomic mass is 10.0. The predicted octanol–water partition coefficient (Wildman–Crippen LogP) is 3.14. The van der Waals surface area contributed by atoms with Crippen molar-refractivity contribution in [3.05, 3.63) is 46.4 Å². The highest BCUT2D eigenvalue weighted by Gasteiger charge is 2.10. The number of nitrogens with one attached hydrogen (secondary N) is 1. The lowest BCUT2D eigenvalue weighted by molar-refractivity contribution is 0.123. The molecule has 0 spiro atoms. The molecule has 0 amide bonds. The van der Waals surface area contributed by atoms with Gasteiger partial charge in [0.1, 0.15) is 0 Å². The van der Waals surface area contributed by atoms with Crippen molar-refractivity contribution in [2.75, 3.05) is 13.2 Å². The molecule has 3 nitrogen and oxygen atoms in total. The Bertz CT molecular complexity index is 530. The molecule has 4 heteroatoms. The number of fused-ring (bicyclic) bond motifs is 1. The van der Waals surface area contributed by atoms with Crippen LogP contribution in [-0.2, 0) is 4.74 Å². The molecule has 18 heavy (non-hydrogen) atoms. The Kier molecular flexibility index (Phi) is 4.72. The third-order valence-corrected chi connectivity index (χ3v) is 3.41. The lowest BCUT2D eigenvalue weighted by Gasteiger charge is -2.16. The summed E-state index contributed by atoms with van der Waals surface area (Å²) in [5.74, 6) is 5.58. The van der Waals surface area contributed by atoms with E-state index < -0.39 is 0 Å². The summed E-state index contributed by atoms with van der Waals surface area (Å²) in [6, 6.07) is 12.6. The third kappa shape index (κ3) is 3.09. The van der Waals surface area contributed by atoms with Gasteiger partial charge in [-0.15, -0.1) is 0 Å². The van der Waals surface area contributed by atoms with Crippen LogP contribution in [-0.4, -0.2) is 13.2 Å². The summed E-state index contributed by atoms with van der Waals surface area (Å²) in [5, 5.41) is 2.41. The second-order valence-corrected chi connectivity index (χ2v) is 5.05. The highest BCUT2D eigenvalue weighted by molar-refractivity contribution is 9.10. The van der Waals surface area contributed by atoms with Crippen LogP contribution in [0.3, 0.4) is 0 Å². The van der Waals surface area contributed by atoms with Crippen LogP contribution >= 0.6 is 15.9 Å². The standard InChI is InChI=1S/C14H17BrN2O/c1-2-18-9-14(17-16)12-4-3-11-8-13(15)6-5-10(11)7-12/h3-8,14,17H,2,9,16H2,1H3. The summed E-state index contributed by atoms with van der Waals surface area (Å²) in [7, 11) is 0. The molecule has 96 valence electrons. The first kappa shape index (κ1) is 13.5. The second-order valence-electron chi connectivity index (χ2n) is 4.13. The Hall–Kier alpha value is -0.940. The molecule has 0 saturated carbocycles. The second kappa shape index (κ2) is 6.29. The summed E-state index contributed by atoms with van der Waals surface area (Å²) >= 11 is 3.48. The minimum absolute atomic E-state index is 0.0259. The number of hydrazine groups is 1. The number of hydrogen-bond donors (Lipinski definition) is 2. The average Bonchev–Trinajstić information content (AvgIpc) is 2.39. The number of nitrogens with two attached hydrogens (primary N) is 1. The monoisotopic (exact) mass is 308 g/mol. The molecule has 2 aromatic carbocycles. The van der Waals surface area contributed by atoms with Crippen LogP contribution in [0, 0.1) is 0 Å². The van der Waals surface area contributed by atoms with Crippen LogP contribution < -0.4 is 11.3 Å². The number of halogens is 1. The van der Waals surface area contributed by atoms with E-state index in [4.69, 9.17) is 10.6 Å². The number of hydrogen-bond acceptors (Lipinski definition) is 3. The summed E-state index contributed by atoms with van der Waals surface area (Å²) in [6.45, 7) is 3.25. The maximum atomic E-state index is 5.58. The minimum atomic E-state index is 0.0259. The van der Waals surface area contributed by atoms with E-state index in [-0.39, 0.29) is 6.04 Å². The zero-order chi connectivity index (χ0) is 13.0. The third-order valence-electron chi connectivity index (χ3n) is 2.92. The summed E-state index contributed by atoms with van der Waals surface area (Å²) in [5.41, 5.74) is 3.93. The van der Waals surface area contributed by atoms with Gasteiger partial charge in [0, 0.05) is 11.1 Å². The van der Waals surface area contributed by atoms with Crippen LogP contribution in [0.25, 0.3) is 10.8 Å². The molecule has 0 heterocycles. The van der Waals surface area contributed by atoms with Crippen molar-refractivity contribution in [2.45, 2.75) is 13.0 Å². The first-order chi connectivity index (χ1) is 8.74. The van der Waals surface area contributed by atoms with Gasteiger partial charge in [-0.05, 0) is 41.5 Å². The van der Waals surface area contributed by atoms with Gasteiger partial charge in [0.25, 0.3) is 0 Å². The molecule has 0 aromatic heterocycles. The highest BCUT2D eigenvalue weighted by Crippen LogP contribution is 2.23. The molecule has 2 aromatic rings. The SMILES string of the molecule is CCOCC(NN)c1ccc2cc(Br)ccc2c1. The van der Waals surface area contributed by atoms with Crippen LogP contribution in [0.4, 0.5) is 0 Å². The van der Waals surface area contributed by atoms with Crippen molar-refractivity contribution < 1.29 is 4.74 Å². The topological polar surface area (TPSA) is 47.3 Å². The summed E-state index contributed by atoms with van der Waals surface area (Å²) in [4.78, 5) is 0. The fourth-order valence-electron chi connectivity index (χ4n) is 1.93. The van der Waals surface area contributed by atoms with Gasteiger partial charge in [-0.3, -0.25) is 11.3 Å². The molecule has 0 aliphatic heterocycles. The maximum Gasteiger partial charge on any atom is 0.0694 e. The van der Waals surface area contributed by atoms with E-state index in [1.54, 1.807) is 0 Å². The summed E-state index contributed by atoms with van der Waals surface area (Å²) < 4.78 is 6.51. The van der Waals surface area contributed by atoms with Gasteiger partial charge in [-0.1, -0.05) is 34.1 Å². The number of benzene rings is 2.